The lowest BCUT2D eigenvalue weighted by molar-refractivity contribution is 1.46. The van der Waals surface area contributed by atoms with Crippen molar-refractivity contribution in [2.24, 2.45) is 0 Å². The Balaban J connectivity index is 0.000000133. The molecule has 18 aromatic rings. The molecule has 534 valence electrons. The smallest absolute Gasteiger partial charge is 0.0496 e. The fourth-order valence-corrected chi connectivity index (χ4v) is 16.7. The number of nitrogen functional groups attached to an aromatic ring is 2. The van der Waals surface area contributed by atoms with E-state index in [4.69, 9.17) is 104 Å². The van der Waals surface area contributed by atoms with Gasteiger partial charge in [-0.3, -0.25) is 0 Å². The third-order valence-corrected chi connectivity index (χ3v) is 22.5. The molecule has 0 saturated heterocycles. The minimum absolute atomic E-state index is 0.653. The Kier molecular flexibility index (Phi) is 23.4. The highest BCUT2D eigenvalue weighted by Gasteiger charge is 2.18. The molecular formula is C98H69BrCl8N2. The molecule has 11 heteroatoms. The summed E-state index contributed by atoms with van der Waals surface area (Å²) in [5.41, 5.74) is 32.5. The summed E-state index contributed by atoms with van der Waals surface area (Å²) in [6.45, 7) is 8.70. The Morgan fingerprint density at radius 1 is 0.183 bits per heavy atom. The standard InChI is InChI=1S/C48H38.C20H10Cl4.C10H5BrCl2.C10H6Cl2.C10H10N2/c1-31-11-5-15-35(23-31)41-19-9-21-43-45(37-17-7-13-33(3)25-37)27-39(29-47(41)43)40-28-46(38-18-8-14-34(4)26-38)44-22-10-20-42(48(44)30-40)36-16-6-12-32(2)24-36;21-17-5-1-3-13-15(17)7-11(9-19(13)23)12-8-16-14(20(24)10-12)4-2-6-18(16)22;11-6-4-8-7(10(13)5-6)2-1-3-9(8)12;2*11-9-5-1-3-7-8(9)4-2-6-10(7)12/h5-30H,1-4H3;1-10H;1-5H;1-6H;1-6H,11-12H2. The van der Waals surface area contributed by atoms with Crippen LogP contribution >= 0.6 is 109 Å². The van der Waals surface area contributed by atoms with Crippen molar-refractivity contribution in [3.8, 4) is 66.8 Å². The zero-order chi connectivity index (χ0) is 76.1. The fraction of sp³-hybridized carbons (Fsp3) is 0.0408. The van der Waals surface area contributed by atoms with Gasteiger partial charge >= 0.3 is 0 Å². The molecule has 0 fully saturated rings. The van der Waals surface area contributed by atoms with E-state index in [1.807, 2.05) is 164 Å². The van der Waals surface area contributed by atoms with Crippen LogP contribution in [0.4, 0.5) is 11.4 Å². The average molecular weight is 1640 g/mol. The lowest BCUT2D eigenvalue weighted by atomic mass is 9.86. The van der Waals surface area contributed by atoms with Crippen LogP contribution in [0.25, 0.3) is 142 Å². The average Bonchev–Trinajstić information content (AvgIpc) is 0.749. The number of aryl methyl sites for hydroxylation is 4. The molecule has 0 atom stereocenters. The van der Waals surface area contributed by atoms with Crippen molar-refractivity contribution in [2.75, 3.05) is 11.5 Å². The molecular weight excluding hydrogens is 1570 g/mol. The van der Waals surface area contributed by atoms with Crippen LogP contribution < -0.4 is 11.5 Å². The van der Waals surface area contributed by atoms with Crippen LogP contribution in [0.15, 0.2) is 326 Å². The molecule has 0 aliphatic heterocycles. The summed E-state index contributed by atoms with van der Waals surface area (Å²) in [6.07, 6.45) is 0. The van der Waals surface area contributed by atoms with Gasteiger partial charge in [-0.05, 0) is 219 Å². The molecule has 0 saturated carbocycles. The highest BCUT2D eigenvalue weighted by Crippen LogP contribution is 2.45. The van der Waals surface area contributed by atoms with Gasteiger partial charge in [-0.2, -0.15) is 0 Å². The molecule has 18 rings (SSSR count). The highest BCUT2D eigenvalue weighted by atomic mass is 79.9. The maximum atomic E-state index is 6.46. The van der Waals surface area contributed by atoms with Crippen molar-refractivity contribution in [1.29, 1.82) is 0 Å². The summed E-state index contributed by atoms with van der Waals surface area (Å²) >= 11 is 53.0. The van der Waals surface area contributed by atoms with Crippen LogP contribution in [0.3, 0.4) is 0 Å². The molecule has 4 N–H and O–H groups in total. The SMILES string of the molecule is Cc1cccc(-c2cc(-c3cc(-c4cccc(C)c4)c4cccc(-c5cccc(C)c5)c4c3)cc3c(-c4cccc(C)c4)cccc23)c1.Clc1cc(-c2cc(Cl)c3cccc(Cl)c3c2)cc2c(Cl)cccc12.Clc1cc(Br)cc2c(Cl)cccc12.Clc1cccc2c(Cl)cccc12.Nc1cccc2c(N)cccc12. The molecule has 0 radical (unpaired) electrons. The summed E-state index contributed by atoms with van der Waals surface area (Å²) in [5, 5.41) is 20.3. The normalized spacial score (nSPS) is 11.1. The Hall–Kier alpha value is -9.82. The van der Waals surface area contributed by atoms with Gasteiger partial charge in [0.25, 0.3) is 0 Å². The Labute approximate surface area is 683 Å². The maximum Gasteiger partial charge on any atom is 0.0496 e. The molecule has 18 aromatic carbocycles. The van der Waals surface area contributed by atoms with Crippen molar-refractivity contribution in [2.45, 2.75) is 27.7 Å². The van der Waals surface area contributed by atoms with Gasteiger partial charge in [-0.25, -0.2) is 0 Å². The number of rotatable bonds is 6. The molecule has 109 heavy (non-hydrogen) atoms. The lowest BCUT2D eigenvalue weighted by Gasteiger charge is -2.18. The molecule has 0 aliphatic carbocycles. The van der Waals surface area contributed by atoms with Crippen LogP contribution in [0.5, 0.6) is 0 Å². The summed E-state index contributed by atoms with van der Waals surface area (Å²) in [7, 11) is 0. The first-order valence-corrected chi connectivity index (χ1v) is 39.1. The Bertz CT molecular complexity index is 6100. The first-order valence-electron chi connectivity index (χ1n) is 35.3. The molecule has 0 aromatic heterocycles. The number of fused-ring (bicyclic) bond motifs is 7. The van der Waals surface area contributed by atoms with Gasteiger partial charge in [-0.1, -0.05) is 349 Å². The van der Waals surface area contributed by atoms with Gasteiger partial charge in [0.1, 0.15) is 0 Å². The fourth-order valence-electron chi connectivity index (χ4n) is 14.1. The highest BCUT2D eigenvalue weighted by molar-refractivity contribution is 9.10. The van der Waals surface area contributed by atoms with Crippen molar-refractivity contribution >= 4 is 196 Å². The van der Waals surface area contributed by atoms with Gasteiger partial charge in [0.05, 0.1) is 0 Å². The summed E-state index contributed by atoms with van der Waals surface area (Å²) in [6, 6.07) is 111. The predicted molar refractivity (Wildman–Crippen MR) is 483 cm³/mol. The summed E-state index contributed by atoms with van der Waals surface area (Å²) < 4.78 is 0.943. The third-order valence-electron chi connectivity index (χ3n) is 19.4. The third kappa shape index (κ3) is 16.8. The number of hydrogen-bond donors (Lipinski definition) is 2. The maximum absolute atomic E-state index is 6.46. The minimum atomic E-state index is 0.653. The van der Waals surface area contributed by atoms with E-state index >= 15 is 0 Å². The second-order valence-corrected chi connectivity index (χ2v) is 31.2. The van der Waals surface area contributed by atoms with Gasteiger partial charge in [0.15, 0.2) is 0 Å². The van der Waals surface area contributed by atoms with E-state index in [9.17, 15) is 0 Å². The number of halogens is 9. The van der Waals surface area contributed by atoms with Crippen LogP contribution in [-0.2, 0) is 0 Å². The predicted octanol–water partition coefficient (Wildman–Crippen LogP) is 32.9. The minimum Gasteiger partial charge on any atom is -0.398 e. The second-order valence-electron chi connectivity index (χ2n) is 27.0. The van der Waals surface area contributed by atoms with Crippen molar-refractivity contribution in [1.82, 2.24) is 0 Å². The zero-order valence-corrected chi connectivity index (χ0v) is 67.3. The molecule has 0 spiro atoms. The van der Waals surface area contributed by atoms with Crippen molar-refractivity contribution < 1.29 is 0 Å². The first-order chi connectivity index (χ1) is 52.7. The summed E-state index contributed by atoms with van der Waals surface area (Å²) in [5.74, 6) is 0. The monoisotopic (exact) mass is 1630 g/mol. The van der Waals surface area contributed by atoms with Gasteiger partial charge in [-0.15, -0.1) is 0 Å². The Morgan fingerprint density at radius 2 is 0.431 bits per heavy atom. The van der Waals surface area contributed by atoms with E-state index in [0.717, 1.165) is 95.9 Å². The number of nitrogens with two attached hydrogens (primary N) is 2. The van der Waals surface area contributed by atoms with Gasteiger partial charge in [0, 0.05) is 110 Å². The molecule has 0 aliphatic rings. The molecule has 2 nitrogen and oxygen atoms in total. The zero-order valence-electron chi connectivity index (χ0n) is 59.7. The lowest BCUT2D eigenvalue weighted by Crippen LogP contribution is -1.92. The first kappa shape index (κ1) is 76.0. The Morgan fingerprint density at radius 3 is 0.780 bits per heavy atom. The van der Waals surface area contributed by atoms with Gasteiger partial charge < -0.3 is 11.5 Å². The molecule has 0 bridgehead atoms. The van der Waals surface area contributed by atoms with Crippen LogP contribution in [0.2, 0.25) is 40.2 Å². The van der Waals surface area contributed by atoms with E-state index in [-0.39, 0.29) is 0 Å². The molecule has 0 unspecified atom stereocenters. The number of benzene rings is 18. The van der Waals surface area contributed by atoms with Crippen molar-refractivity contribution in [3.63, 3.8) is 0 Å². The van der Waals surface area contributed by atoms with E-state index < -0.39 is 0 Å². The van der Waals surface area contributed by atoms with Crippen LogP contribution in [0, 0.1) is 27.7 Å². The number of hydrogen-bond acceptors (Lipinski definition) is 2. The van der Waals surface area contributed by atoms with Crippen molar-refractivity contribution in [3.05, 3.63) is 388 Å². The van der Waals surface area contributed by atoms with Crippen LogP contribution in [-0.4, -0.2) is 0 Å². The van der Waals surface area contributed by atoms with E-state index in [1.165, 1.54) is 99.4 Å². The topological polar surface area (TPSA) is 52.0 Å². The number of anilines is 2. The van der Waals surface area contributed by atoms with Crippen LogP contribution in [0.1, 0.15) is 22.3 Å². The molecule has 0 heterocycles. The van der Waals surface area contributed by atoms with E-state index in [1.54, 1.807) is 0 Å². The van der Waals surface area contributed by atoms with Gasteiger partial charge in [0.2, 0.25) is 0 Å². The molecule has 0 amide bonds. The van der Waals surface area contributed by atoms with E-state index in [2.05, 4.69) is 201 Å². The quantitative estimate of drug-likeness (QED) is 0.163. The second kappa shape index (κ2) is 33.6. The summed E-state index contributed by atoms with van der Waals surface area (Å²) in [4.78, 5) is 0. The van der Waals surface area contributed by atoms with E-state index in [0.29, 0.717) is 25.1 Å². The largest absolute Gasteiger partial charge is 0.398 e.